The van der Waals surface area contributed by atoms with Crippen LogP contribution in [0, 0.1) is 11.7 Å². The topological polar surface area (TPSA) is 58.6 Å². The molecule has 2 aromatic carbocycles. The molecule has 1 N–H and O–H groups in total. The second-order valence-corrected chi connectivity index (χ2v) is 7.09. The predicted molar refractivity (Wildman–Crippen MR) is 99.9 cm³/mol. The molecule has 0 spiro atoms. The van der Waals surface area contributed by atoms with E-state index in [0.29, 0.717) is 13.1 Å². The summed E-state index contributed by atoms with van der Waals surface area (Å²) in [6.07, 6.45) is -4.22. The molecule has 1 heterocycles. The highest BCUT2D eigenvalue weighted by Gasteiger charge is 2.31. The zero-order valence-corrected chi connectivity index (χ0v) is 15.9. The lowest BCUT2D eigenvalue weighted by Crippen LogP contribution is -2.34. The molecule has 0 saturated carbocycles. The first-order valence-electron chi connectivity index (χ1n) is 9.29. The van der Waals surface area contributed by atoms with Crippen molar-refractivity contribution >= 4 is 11.8 Å². The second kappa shape index (κ2) is 9.15. The van der Waals surface area contributed by atoms with E-state index in [4.69, 9.17) is 4.74 Å². The van der Waals surface area contributed by atoms with Crippen LogP contribution < -0.4 is 10.1 Å². The number of nitrogens with zero attached hydrogens (tertiary/aromatic N) is 1. The van der Waals surface area contributed by atoms with Gasteiger partial charge in [-0.05, 0) is 35.9 Å². The summed E-state index contributed by atoms with van der Waals surface area (Å²) < 4.78 is 56.2. The van der Waals surface area contributed by atoms with Crippen molar-refractivity contribution in [2.75, 3.05) is 19.7 Å². The fraction of sp³-hybridized carbons (Fsp3) is 0.333. The second-order valence-electron chi connectivity index (χ2n) is 7.09. The summed E-state index contributed by atoms with van der Waals surface area (Å²) in [5.74, 6) is -1.04. The Labute approximate surface area is 170 Å². The maximum absolute atomic E-state index is 13.0. The van der Waals surface area contributed by atoms with E-state index in [2.05, 4.69) is 5.32 Å². The number of halogens is 4. The van der Waals surface area contributed by atoms with Crippen LogP contribution >= 0.6 is 0 Å². The van der Waals surface area contributed by atoms with Gasteiger partial charge in [-0.3, -0.25) is 9.59 Å². The molecule has 1 saturated heterocycles. The summed E-state index contributed by atoms with van der Waals surface area (Å²) in [5.41, 5.74) is -0.0463. The number of carbonyl (C=O) groups is 2. The van der Waals surface area contributed by atoms with Crippen LogP contribution in [0.15, 0.2) is 48.5 Å². The largest absolute Gasteiger partial charge is 0.484 e. The third-order valence-corrected chi connectivity index (χ3v) is 4.70. The Morgan fingerprint density at radius 2 is 1.90 bits per heavy atom. The van der Waals surface area contributed by atoms with Gasteiger partial charge in [0.15, 0.2) is 6.61 Å². The number of alkyl halides is 3. The Kier molecular flexibility index (Phi) is 6.59. The van der Waals surface area contributed by atoms with Crippen LogP contribution in [0.25, 0.3) is 0 Å². The fourth-order valence-corrected chi connectivity index (χ4v) is 3.17. The molecule has 0 bridgehead atoms. The zero-order valence-electron chi connectivity index (χ0n) is 15.9. The molecule has 3 rings (SSSR count). The average Bonchev–Trinajstić information content (AvgIpc) is 3.05. The highest BCUT2D eigenvalue weighted by Crippen LogP contribution is 2.31. The summed E-state index contributed by atoms with van der Waals surface area (Å²) in [7, 11) is 0. The van der Waals surface area contributed by atoms with Gasteiger partial charge in [-0.15, -0.1) is 0 Å². The van der Waals surface area contributed by atoms with Crippen molar-refractivity contribution in [1.82, 2.24) is 10.2 Å². The van der Waals surface area contributed by atoms with Crippen molar-refractivity contribution < 1.29 is 31.9 Å². The molecule has 0 aliphatic carbocycles. The van der Waals surface area contributed by atoms with Gasteiger partial charge in [0.05, 0.1) is 5.56 Å². The van der Waals surface area contributed by atoms with Crippen molar-refractivity contribution in [2.24, 2.45) is 5.92 Å². The van der Waals surface area contributed by atoms with Crippen LogP contribution in [0.3, 0.4) is 0 Å². The molecule has 160 valence electrons. The number of ether oxygens (including phenoxy) is 1. The first kappa shape index (κ1) is 21.6. The van der Waals surface area contributed by atoms with Crippen LogP contribution in [-0.2, 0) is 22.3 Å². The van der Waals surface area contributed by atoms with Gasteiger partial charge in [-0.25, -0.2) is 4.39 Å². The Morgan fingerprint density at radius 3 is 2.60 bits per heavy atom. The summed E-state index contributed by atoms with van der Waals surface area (Å²) >= 11 is 0. The lowest BCUT2D eigenvalue weighted by atomic mass is 10.1. The van der Waals surface area contributed by atoms with Crippen molar-refractivity contribution in [2.45, 2.75) is 19.1 Å². The monoisotopic (exact) mass is 424 g/mol. The molecular formula is C21H20F4N2O3. The number of carbonyl (C=O) groups excluding carboxylic acids is 2. The third kappa shape index (κ3) is 5.95. The Bertz CT molecular complexity index is 900. The van der Waals surface area contributed by atoms with E-state index in [1.54, 1.807) is 17.0 Å². The standard InChI is InChI=1S/C21H20F4N2O3/c22-17-6-4-14(5-7-17)11-27-12-15(8-20(27)29)10-26-19(28)13-30-18-3-1-2-16(9-18)21(23,24)25/h1-7,9,15H,8,10-13H2,(H,26,28). The van der Waals surface area contributed by atoms with E-state index in [1.807, 2.05) is 0 Å². The Balaban J connectivity index is 1.43. The first-order chi connectivity index (χ1) is 14.2. The van der Waals surface area contributed by atoms with Gasteiger partial charge < -0.3 is 15.0 Å². The molecule has 5 nitrogen and oxygen atoms in total. The molecule has 1 fully saturated rings. The van der Waals surface area contributed by atoms with Gasteiger partial charge in [-0.1, -0.05) is 18.2 Å². The number of hydrogen-bond donors (Lipinski definition) is 1. The van der Waals surface area contributed by atoms with Gasteiger partial charge >= 0.3 is 6.18 Å². The first-order valence-corrected chi connectivity index (χ1v) is 9.29. The number of benzene rings is 2. The lowest BCUT2D eigenvalue weighted by Gasteiger charge is -2.17. The molecule has 0 aromatic heterocycles. The number of nitrogens with one attached hydrogen (secondary N) is 1. The molecule has 9 heteroatoms. The summed E-state index contributed by atoms with van der Waals surface area (Å²) in [5, 5.41) is 2.64. The Morgan fingerprint density at radius 1 is 1.17 bits per heavy atom. The molecule has 2 amide bonds. The van der Waals surface area contributed by atoms with Gasteiger partial charge in [-0.2, -0.15) is 13.2 Å². The number of amides is 2. The molecule has 2 aromatic rings. The number of rotatable bonds is 7. The number of likely N-dealkylation sites (tertiary alicyclic amines) is 1. The van der Waals surface area contributed by atoms with E-state index in [0.717, 1.165) is 17.7 Å². The molecule has 0 radical (unpaired) electrons. The minimum atomic E-state index is -4.49. The maximum atomic E-state index is 13.0. The van der Waals surface area contributed by atoms with Crippen LogP contribution in [0.4, 0.5) is 17.6 Å². The van der Waals surface area contributed by atoms with E-state index < -0.39 is 24.3 Å². The summed E-state index contributed by atoms with van der Waals surface area (Å²) in [4.78, 5) is 25.7. The average molecular weight is 424 g/mol. The highest BCUT2D eigenvalue weighted by molar-refractivity contribution is 5.79. The van der Waals surface area contributed by atoms with Crippen molar-refractivity contribution in [3.05, 3.63) is 65.5 Å². The van der Waals surface area contributed by atoms with Crippen LogP contribution in [-0.4, -0.2) is 36.4 Å². The van der Waals surface area contributed by atoms with Crippen molar-refractivity contribution in [3.8, 4) is 5.75 Å². The van der Waals surface area contributed by atoms with Gasteiger partial charge in [0, 0.05) is 32.0 Å². The van der Waals surface area contributed by atoms with E-state index >= 15 is 0 Å². The Hall–Kier alpha value is -3.10. The molecular weight excluding hydrogens is 404 g/mol. The minimum absolute atomic E-state index is 0.0542. The lowest BCUT2D eigenvalue weighted by molar-refractivity contribution is -0.137. The highest BCUT2D eigenvalue weighted by atomic mass is 19.4. The zero-order chi connectivity index (χ0) is 21.7. The number of hydrogen-bond acceptors (Lipinski definition) is 3. The molecule has 1 aliphatic rings. The normalized spacial score (nSPS) is 16.6. The molecule has 1 aliphatic heterocycles. The molecule has 1 unspecified atom stereocenters. The maximum Gasteiger partial charge on any atom is 0.416 e. The molecule has 30 heavy (non-hydrogen) atoms. The minimum Gasteiger partial charge on any atom is -0.484 e. The SMILES string of the molecule is O=C(COc1cccc(C(F)(F)F)c1)NCC1CC(=O)N(Cc2ccc(F)cc2)C1. The van der Waals surface area contributed by atoms with Gasteiger partial charge in [0.1, 0.15) is 11.6 Å². The van der Waals surface area contributed by atoms with Gasteiger partial charge in [0.25, 0.3) is 5.91 Å². The summed E-state index contributed by atoms with van der Waals surface area (Å²) in [6, 6.07) is 10.2. The van der Waals surface area contributed by atoms with E-state index in [-0.39, 0.29) is 36.4 Å². The van der Waals surface area contributed by atoms with E-state index in [1.165, 1.54) is 24.3 Å². The predicted octanol–water partition coefficient (Wildman–Crippen LogP) is 3.39. The van der Waals surface area contributed by atoms with Crippen molar-refractivity contribution in [1.29, 1.82) is 0 Å². The third-order valence-electron chi connectivity index (χ3n) is 4.70. The van der Waals surface area contributed by atoms with Crippen LogP contribution in [0.1, 0.15) is 17.5 Å². The van der Waals surface area contributed by atoms with Crippen LogP contribution in [0.5, 0.6) is 5.75 Å². The van der Waals surface area contributed by atoms with Crippen molar-refractivity contribution in [3.63, 3.8) is 0 Å². The molecule has 1 atom stereocenters. The quantitative estimate of drug-likeness (QED) is 0.694. The fourth-order valence-electron chi connectivity index (χ4n) is 3.17. The van der Waals surface area contributed by atoms with E-state index in [9.17, 15) is 27.2 Å². The van der Waals surface area contributed by atoms with Gasteiger partial charge in [0.2, 0.25) is 5.91 Å². The van der Waals surface area contributed by atoms with Crippen LogP contribution in [0.2, 0.25) is 0 Å². The smallest absolute Gasteiger partial charge is 0.416 e. The summed E-state index contributed by atoms with van der Waals surface area (Å²) in [6.45, 7) is 0.630.